The van der Waals surface area contributed by atoms with Crippen LogP contribution in [0.2, 0.25) is 0 Å². The first kappa shape index (κ1) is 13.6. The summed E-state index contributed by atoms with van der Waals surface area (Å²) in [7, 11) is 0. The lowest BCUT2D eigenvalue weighted by molar-refractivity contribution is 0.599. The fourth-order valence-corrected chi connectivity index (χ4v) is 2.53. The summed E-state index contributed by atoms with van der Waals surface area (Å²) in [6.07, 6.45) is 0.620. The molecular formula is C15H13BrClF. The monoisotopic (exact) mass is 326 g/mol. The van der Waals surface area contributed by atoms with Gasteiger partial charge in [0.05, 0.1) is 9.85 Å². The highest BCUT2D eigenvalue weighted by atomic mass is 79.9. The molecule has 0 nitrogen and oxygen atoms in total. The van der Waals surface area contributed by atoms with Crippen LogP contribution in [-0.2, 0) is 6.42 Å². The zero-order valence-electron chi connectivity index (χ0n) is 9.96. The van der Waals surface area contributed by atoms with Gasteiger partial charge in [0, 0.05) is 5.56 Å². The number of alkyl halides is 1. The van der Waals surface area contributed by atoms with E-state index in [9.17, 15) is 4.39 Å². The maximum atomic E-state index is 13.9. The first-order valence-electron chi connectivity index (χ1n) is 5.71. The summed E-state index contributed by atoms with van der Waals surface area (Å²) in [6, 6.07) is 13.3. The maximum absolute atomic E-state index is 13.9. The minimum atomic E-state index is -0.356. The predicted molar refractivity (Wildman–Crippen MR) is 77.6 cm³/mol. The molecule has 1 atom stereocenters. The minimum absolute atomic E-state index is 0.274. The normalized spacial score (nSPS) is 12.4. The van der Waals surface area contributed by atoms with Crippen LogP contribution < -0.4 is 0 Å². The van der Waals surface area contributed by atoms with Gasteiger partial charge in [0.25, 0.3) is 0 Å². The average molecular weight is 328 g/mol. The van der Waals surface area contributed by atoms with Gasteiger partial charge in [0.2, 0.25) is 0 Å². The fraction of sp³-hybridized carbons (Fsp3) is 0.200. The van der Waals surface area contributed by atoms with Crippen LogP contribution in [0.15, 0.2) is 46.9 Å². The quantitative estimate of drug-likeness (QED) is 0.660. The van der Waals surface area contributed by atoms with Gasteiger partial charge in [-0.05, 0) is 40.9 Å². The van der Waals surface area contributed by atoms with E-state index in [1.807, 2.05) is 31.2 Å². The zero-order valence-corrected chi connectivity index (χ0v) is 12.3. The molecule has 0 aromatic heterocycles. The van der Waals surface area contributed by atoms with Gasteiger partial charge in [0.1, 0.15) is 5.82 Å². The standard InChI is InChI=1S/C15H13BrClF/c1-10-5-7-11(8-6-10)9-14(17)12-3-2-4-13(16)15(12)18/h2-8,14H,9H2,1H3. The van der Waals surface area contributed by atoms with Crippen LogP contribution in [0, 0.1) is 12.7 Å². The van der Waals surface area contributed by atoms with Crippen molar-refractivity contribution in [2.45, 2.75) is 18.7 Å². The molecule has 0 fully saturated rings. The molecule has 0 N–H and O–H groups in total. The summed E-state index contributed by atoms with van der Waals surface area (Å²) in [4.78, 5) is 0. The van der Waals surface area contributed by atoms with Gasteiger partial charge in [-0.2, -0.15) is 0 Å². The highest BCUT2D eigenvalue weighted by Gasteiger charge is 2.15. The smallest absolute Gasteiger partial charge is 0.142 e. The summed E-state index contributed by atoms with van der Waals surface area (Å²) in [5.41, 5.74) is 2.85. The van der Waals surface area contributed by atoms with Gasteiger partial charge in [-0.15, -0.1) is 11.6 Å². The van der Waals surface area contributed by atoms with Crippen molar-refractivity contribution in [3.8, 4) is 0 Å². The molecule has 2 rings (SSSR count). The van der Waals surface area contributed by atoms with Gasteiger partial charge >= 0.3 is 0 Å². The van der Waals surface area contributed by atoms with Crippen molar-refractivity contribution in [3.05, 3.63) is 69.4 Å². The van der Waals surface area contributed by atoms with Crippen molar-refractivity contribution < 1.29 is 4.39 Å². The lowest BCUT2D eigenvalue weighted by Gasteiger charge is -2.12. The lowest BCUT2D eigenvalue weighted by atomic mass is 10.0. The molecule has 0 amide bonds. The Bertz CT molecular complexity index is 537. The summed E-state index contributed by atoms with van der Waals surface area (Å²) in [5, 5.41) is -0.356. The van der Waals surface area contributed by atoms with Gasteiger partial charge < -0.3 is 0 Å². The van der Waals surface area contributed by atoms with Gasteiger partial charge in [0.15, 0.2) is 0 Å². The van der Waals surface area contributed by atoms with Gasteiger partial charge in [-0.25, -0.2) is 4.39 Å². The number of rotatable bonds is 3. The largest absolute Gasteiger partial charge is 0.205 e. The molecule has 94 valence electrons. The first-order valence-corrected chi connectivity index (χ1v) is 6.94. The summed E-state index contributed by atoms with van der Waals surface area (Å²) >= 11 is 9.47. The molecule has 0 heterocycles. The Morgan fingerprint density at radius 2 is 1.83 bits per heavy atom. The van der Waals surface area contributed by atoms with Crippen LogP contribution in [0.5, 0.6) is 0 Å². The van der Waals surface area contributed by atoms with Crippen molar-refractivity contribution >= 4 is 27.5 Å². The molecule has 0 saturated heterocycles. The van der Waals surface area contributed by atoms with Gasteiger partial charge in [-0.3, -0.25) is 0 Å². The molecule has 0 saturated carbocycles. The predicted octanol–water partition coefficient (Wildman–Crippen LogP) is 5.42. The molecule has 0 bridgehead atoms. The Labute approximate surface area is 120 Å². The number of aryl methyl sites for hydroxylation is 1. The van der Waals surface area contributed by atoms with Crippen LogP contribution >= 0.6 is 27.5 Å². The average Bonchev–Trinajstić information content (AvgIpc) is 2.35. The van der Waals surface area contributed by atoms with E-state index in [0.29, 0.717) is 16.5 Å². The number of hydrogen-bond acceptors (Lipinski definition) is 0. The van der Waals surface area contributed by atoms with E-state index in [1.165, 1.54) is 5.56 Å². The number of halogens is 3. The van der Waals surface area contributed by atoms with E-state index in [-0.39, 0.29) is 11.2 Å². The lowest BCUT2D eigenvalue weighted by Crippen LogP contribution is -1.99. The first-order chi connectivity index (χ1) is 8.58. The van der Waals surface area contributed by atoms with E-state index in [4.69, 9.17) is 11.6 Å². The zero-order chi connectivity index (χ0) is 13.1. The Hall–Kier alpha value is -0.860. The molecule has 0 aliphatic heterocycles. The SMILES string of the molecule is Cc1ccc(CC(Cl)c2cccc(Br)c2F)cc1. The second-order valence-electron chi connectivity index (χ2n) is 4.30. The summed E-state index contributed by atoms with van der Waals surface area (Å²) < 4.78 is 14.3. The molecule has 1 unspecified atom stereocenters. The van der Waals surface area contributed by atoms with Gasteiger partial charge in [-0.1, -0.05) is 42.0 Å². The Balaban J connectivity index is 2.19. The molecule has 0 radical (unpaired) electrons. The van der Waals surface area contributed by atoms with Crippen LogP contribution in [-0.4, -0.2) is 0 Å². The van der Waals surface area contributed by atoms with Crippen molar-refractivity contribution in [1.82, 2.24) is 0 Å². The maximum Gasteiger partial charge on any atom is 0.142 e. The van der Waals surface area contributed by atoms with E-state index >= 15 is 0 Å². The molecule has 3 heteroatoms. The second kappa shape index (κ2) is 5.85. The third-order valence-electron chi connectivity index (χ3n) is 2.85. The third kappa shape index (κ3) is 3.12. The van der Waals surface area contributed by atoms with E-state index in [1.54, 1.807) is 18.2 Å². The highest BCUT2D eigenvalue weighted by molar-refractivity contribution is 9.10. The molecule has 0 aliphatic rings. The van der Waals surface area contributed by atoms with Crippen LogP contribution in [0.4, 0.5) is 4.39 Å². The molecule has 2 aromatic rings. The minimum Gasteiger partial charge on any atom is -0.205 e. The van der Waals surface area contributed by atoms with E-state index < -0.39 is 0 Å². The summed E-state index contributed by atoms with van der Waals surface area (Å²) in [6.45, 7) is 2.04. The highest BCUT2D eigenvalue weighted by Crippen LogP contribution is 2.30. The molecule has 0 aliphatic carbocycles. The van der Waals surface area contributed by atoms with Crippen molar-refractivity contribution in [2.75, 3.05) is 0 Å². The van der Waals surface area contributed by atoms with Crippen LogP contribution in [0.25, 0.3) is 0 Å². The van der Waals surface area contributed by atoms with Crippen LogP contribution in [0.1, 0.15) is 22.1 Å². The number of hydrogen-bond donors (Lipinski definition) is 0. The summed E-state index contributed by atoms with van der Waals surface area (Å²) in [5.74, 6) is -0.274. The molecular weight excluding hydrogens is 315 g/mol. The van der Waals surface area contributed by atoms with E-state index in [0.717, 1.165) is 5.56 Å². The Morgan fingerprint density at radius 3 is 2.50 bits per heavy atom. The topological polar surface area (TPSA) is 0 Å². The Morgan fingerprint density at radius 1 is 1.17 bits per heavy atom. The van der Waals surface area contributed by atoms with Crippen molar-refractivity contribution in [1.29, 1.82) is 0 Å². The van der Waals surface area contributed by atoms with Crippen LogP contribution in [0.3, 0.4) is 0 Å². The fourth-order valence-electron chi connectivity index (χ4n) is 1.80. The van der Waals surface area contributed by atoms with Crippen molar-refractivity contribution in [2.24, 2.45) is 0 Å². The third-order valence-corrected chi connectivity index (χ3v) is 3.86. The number of benzene rings is 2. The molecule has 0 spiro atoms. The van der Waals surface area contributed by atoms with Crippen molar-refractivity contribution in [3.63, 3.8) is 0 Å². The second-order valence-corrected chi connectivity index (χ2v) is 5.68. The Kier molecular flexibility index (Phi) is 4.41. The molecule has 2 aromatic carbocycles. The molecule has 18 heavy (non-hydrogen) atoms. The van der Waals surface area contributed by atoms with E-state index in [2.05, 4.69) is 15.9 Å².